The number of benzene rings is 1. The molecule has 1 unspecified atom stereocenters. The lowest BCUT2D eigenvalue weighted by molar-refractivity contribution is -0.124. The van der Waals surface area contributed by atoms with Gasteiger partial charge >= 0.3 is 0 Å². The zero-order chi connectivity index (χ0) is 15.1. The van der Waals surface area contributed by atoms with E-state index in [1.807, 2.05) is 0 Å². The number of amides is 1. The van der Waals surface area contributed by atoms with Crippen LogP contribution in [0.4, 0.5) is 4.39 Å². The van der Waals surface area contributed by atoms with Gasteiger partial charge in [-0.25, -0.2) is 4.39 Å². The van der Waals surface area contributed by atoms with Gasteiger partial charge in [0.05, 0.1) is 12.2 Å². The zero-order valence-corrected chi connectivity index (χ0v) is 12.1. The first-order valence-corrected chi connectivity index (χ1v) is 6.36. The molecule has 0 aliphatic carbocycles. The third kappa shape index (κ3) is 4.75. The number of hydrogen-bond acceptors (Lipinski definition) is 4. The minimum Gasteiger partial charge on any atom is -0.483 e. The van der Waals surface area contributed by atoms with Crippen molar-refractivity contribution in [3.05, 3.63) is 29.6 Å². The second-order valence-corrected chi connectivity index (χ2v) is 4.63. The maximum atomic E-state index is 13.6. The third-order valence-corrected chi connectivity index (χ3v) is 2.61. The number of ether oxygens (including phenoxy) is 2. The average molecular weight is 300 g/mol. The number of nitrogens with two attached hydrogens (primary N) is 1. The number of halogens is 1. The van der Waals surface area contributed by atoms with Crippen LogP contribution in [-0.4, -0.2) is 37.3 Å². The Kier molecular flexibility index (Phi) is 6.33. The summed E-state index contributed by atoms with van der Waals surface area (Å²) in [7, 11) is 1.54. The molecular weight excluding hydrogens is 283 g/mol. The Labute approximate surface area is 122 Å². The fraction of sp³-hybridized carbons (Fsp3) is 0.385. The smallest absolute Gasteiger partial charge is 0.258 e. The Morgan fingerprint density at radius 2 is 2.25 bits per heavy atom. The number of carbonyl (C=O) groups excluding carboxylic acids is 1. The molecule has 3 N–H and O–H groups in total. The first kappa shape index (κ1) is 16.3. The van der Waals surface area contributed by atoms with Crippen LogP contribution in [0.1, 0.15) is 12.5 Å². The van der Waals surface area contributed by atoms with Crippen LogP contribution >= 0.6 is 12.2 Å². The second kappa shape index (κ2) is 7.76. The summed E-state index contributed by atoms with van der Waals surface area (Å²) in [5.74, 6) is -0.775. The summed E-state index contributed by atoms with van der Waals surface area (Å²) < 4.78 is 23.7. The average Bonchev–Trinajstić information content (AvgIpc) is 2.36. The molecule has 20 heavy (non-hydrogen) atoms. The van der Waals surface area contributed by atoms with E-state index in [2.05, 4.69) is 5.32 Å². The van der Waals surface area contributed by atoms with Crippen molar-refractivity contribution in [1.82, 2.24) is 5.32 Å². The van der Waals surface area contributed by atoms with E-state index < -0.39 is 5.82 Å². The van der Waals surface area contributed by atoms with Crippen LogP contribution in [0.25, 0.3) is 0 Å². The van der Waals surface area contributed by atoms with Gasteiger partial charge in [0, 0.05) is 13.2 Å². The van der Waals surface area contributed by atoms with Crippen LogP contribution in [-0.2, 0) is 9.53 Å². The van der Waals surface area contributed by atoms with Crippen molar-refractivity contribution >= 4 is 23.1 Å². The molecule has 5 nitrogen and oxygen atoms in total. The second-order valence-electron chi connectivity index (χ2n) is 4.19. The predicted molar refractivity (Wildman–Crippen MR) is 77.3 cm³/mol. The summed E-state index contributed by atoms with van der Waals surface area (Å²) in [6.45, 7) is 1.93. The summed E-state index contributed by atoms with van der Waals surface area (Å²) >= 11 is 4.76. The summed E-state index contributed by atoms with van der Waals surface area (Å²) in [6, 6.07) is 4.04. The van der Waals surface area contributed by atoms with Crippen LogP contribution in [0.2, 0.25) is 0 Å². The molecule has 0 fully saturated rings. The molecule has 1 atom stereocenters. The van der Waals surface area contributed by atoms with E-state index in [-0.39, 0.29) is 34.9 Å². The molecule has 0 heterocycles. The van der Waals surface area contributed by atoms with Gasteiger partial charge in [-0.15, -0.1) is 0 Å². The molecule has 0 aromatic heterocycles. The van der Waals surface area contributed by atoms with E-state index in [9.17, 15) is 9.18 Å². The molecule has 0 saturated carbocycles. The lowest BCUT2D eigenvalue weighted by Gasteiger charge is -2.14. The highest BCUT2D eigenvalue weighted by atomic mass is 32.1. The fourth-order valence-electron chi connectivity index (χ4n) is 1.62. The number of hydrogen-bond donors (Lipinski definition) is 2. The topological polar surface area (TPSA) is 73.6 Å². The number of carbonyl (C=O) groups is 1. The molecule has 1 amide bonds. The van der Waals surface area contributed by atoms with Gasteiger partial charge < -0.3 is 20.5 Å². The number of methoxy groups -OCH3 is 1. The number of nitrogens with one attached hydrogen (secondary N) is 1. The molecule has 1 aromatic rings. The standard InChI is InChI=1S/C13H17FN2O3S/c1-8(6-18-2)16-11(17)7-19-10-5-3-4-9(14)12(10)13(15)20/h3-5,8H,6-7H2,1-2H3,(H2,15,20)(H,16,17). The lowest BCUT2D eigenvalue weighted by Crippen LogP contribution is -2.38. The van der Waals surface area contributed by atoms with Crippen LogP contribution in [0.5, 0.6) is 5.75 Å². The minimum absolute atomic E-state index is 0.000222. The lowest BCUT2D eigenvalue weighted by atomic mass is 10.2. The van der Waals surface area contributed by atoms with E-state index in [1.165, 1.54) is 18.2 Å². The maximum absolute atomic E-state index is 13.6. The molecule has 0 radical (unpaired) electrons. The van der Waals surface area contributed by atoms with Crippen LogP contribution < -0.4 is 15.8 Å². The predicted octanol–water partition coefficient (Wildman–Crippen LogP) is 0.990. The summed E-state index contributed by atoms with van der Waals surface area (Å²) in [5, 5.41) is 2.67. The largest absolute Gasteiger partial charge is 0.483 e. The first-order valence-electron chi connectivity index (χ1n) is 5.95. The molecule has 7 heteroatoms. The van der Waals surface area contributed by atoms with Crippen molar-refractivity contribution in [3.63, 3.8) is 0 Å². The van der Waals surface area contributed by atoms with Crippen molar-refractivity contribution in [2.45, 2.75) is 13.0 Å². The van der Waals surface area contributed by atoms with E-state index in [1.54, 1.807) is 14.0 Å². The van der Waals surface area contributed by atoms with Gasteiger partial charge in [0.1, 0.15) is 16.6 Å². The summed E-state index contributed by atoms with van der Waals surface area (Å²) in [4.78, 5) is 11.5. The molecule has 0 bridgehead atoms. The van der Waals surface area contributed by atoms with Gasteiger partial charge in [-0.05, 0) is 19.1 Å². The molecule has 0 saturated heterocycles. The Hall–Kier alpha value is -1.73. The summed E-state index contributed by atoms with van der Waals surface area (Å²) in [6.07, 6.45) is 0. The highest BCUT2D eigenvalue weighted by Crippen LogP contribution is 2.21. The van der Waals surface area contributed by atoms with Crippen molar-refractivity contribution < 1.29 is 18.7 Å². The molecule has 0 aliphatic rings. The van der Waals surface area contributed by atoms with Crippen LogP contribution in [0.15, 0.2) is 18.2 Å². The molecule has 0 spiro atoms. The Morgan fingerprint density at radius 1 is 1.55 bits per heavy atom. The molecule has 0 aliphatic heterocycles. The Balaban J connectivity index is 2.64. The zero-order valence-electron chi connectivity index (χ0n) is 11.3. The quantitative estimate of drug-likeness (QED) is 0.735. The number of rotatable bonds is 7. The van der Waals surface area contributed by atoms with Gasteiger partial charge in [-0.3, -0.25) is 4.79 Å². The van der Waals surface area contributed by atoms with Crippen molar-refractivity contribution in [2.75, 3.05) is 20.3 Å². The van der Waals surface area contributed by atoms with Gasteiger partial charge in [-0.2, -0.15) is 0 Å². The fourth-order valence-corrected chi connectivity index (χ4v) is 1.81. The Bertz CT molecular complexity index is 497. The van der Waals surface area contributed by atoms with Gasteiger partial charge in [0.2, 0.25) is 0 Å². The molecular formula is C13H17FN2O3S. The van der Waals surface area contributed by atoms with Gasteiger partial charge in [0.25, 0.3) is 5.91 Å². The van der Waals surface area contributed by atoms with E-state index in [4.69, 9.17) is 27.4 Å². The molecule has 110 valence electrons. The summed E-state index contributed by atoms with van der Waals surface area (Å²) in [5.41, 5.74) is 5.44. The maximum Gasteiger partial charge on any atom is 0.258 e. The van der Waals surface area contributed by atoms with Gasteiger partial charge in [0.15, 0.2) is 6.61 Å². The monoisotopic (exact) mass is 300 g/mol. The molecule has 1 aromatic carbocycles. The van der Waals surface area contributed by atoms with Crippen LogP contribution in [0, 0.1) is 5.82 Å². The van der Waals surface area contributed by atoms with Crippen molar-refractivity contribution in [2.24, 2.45) is 5.73 Å². The normalized spacial score (nSPS) is 11.8. The minimum atomic E-state index is -0.580. The molecule has 1 rings (SSSR count). The van der Waals surface area contributed by atoms with E-state index >= 15 is 0 Å². The third-order valence-electron chi connectivity index (χ3n) is 2.40. The highest BCUT2D eigenvalue weighted by Gasteiger charge is 2.14. The van der Waals surface area contributed by atoms with Crippen LogP contribution in [0.3, 0.4) is 0 Å². The Morgan fingerprint density at radius 3 is 2.85 bits per heavy atom. The van der Waals surface area contributed by atoms with Gasteiger partial charge in [-0.1, -0.05) is 18.3 Å². The SMILES string of the molecule is COCC(C)NC(=O)COc1cccc(F)c1C(N)=S. The van der Waals surface area contributed by atoms with E-state index in [0.29, 0.717) is 6.61 Å². The highest BCUT2D eigenvalue weighted by molar-refractivity contribution is 7.80. The van der Waals surface area contributed by atoms with Crippen molar-refractivity contribution in [3.8, 4) is 5.75 Å². The first-order chi connectivity index (χ1) is 9.45. The van der Waals surface area contributed by atoms with Crippen molar-refractivity contribution in [1.29, 1.82) is 0 Å². The van der Waals surface area contributed by atoms with E-state index in [0.717, 1.165) is 0 Å². The number of thiocarbonyl (C=S) groups is 1.